The van der Waals surface area contributed by atoms with Crippen molar-refractivity contribution in [3.63, 3.8) is 0 Å². The van der Waals surface area contributed by atoms with Crippen LogP contribution in [0.25, 0.3) is 27.6 Å². The molecule has 0 atom stereocenters. The highest BCUT2D eigenvalue weighted by Gasteiger charge is 2.30. The van der Waals surface area contributed by atoms with E-state index < -0.39 is 10.0 Å². The van der Waals surface area contributed by atoms with Crippen molar-refractivity contribution in [3.05, 3.63) is 77.4 Å². The van der Waals surface area contributed by atoms with Gasteiger partial charge in [0.15, 0.2) is 4.96 Å². The SMILES string of the molecule is O=S(=O)(c1ccc(Cl)cc1)N1CCC(Nc2nccc(-c3c(-c4cccc(O)c4)nc4sccn34)n2)CC1. The number of piperidine rings is 1. The molecule has 0 spiro atoms. The standard InChI is InChI=1S/C26H23ClN6O3S2/c27-18-4-6-21(7-5-18)38(35,36)32-12-9-19(10-13-32)29-25-28-11-8-22(30-25)24-23(17-2-1-3-20(34)16-17)31-26-33(24)14-15-37-26/h1-8,11,14-16,19,34H,9-10,12-13H2,(H,28,29,30). The third-order valence-electron chi connectivity index (χ3n) is 6.52. The van der Waals surface area contributed by atoms with Crippen molar-refractivity contribution in [3.8, 4) is 28.4 Å². The number of sulfonamides is 1. The number of anilines is 1. The fourth-order valence-electron chi connectivity index (χ4n) is 4.62. The lowest BCUT2D eigenvalue weighted by Gasteiger charge is -2.31. The molecule has 9 nitrogen and oxygen atoms in total. The van der Waals surface area contributed by atoms with Gasteiger partial charge in [0.2, 0.25) is 16.0 Å². The zero-order valence-corrected chi connectivity index (χ0v) is 22.4. The molecule has 194 valence electrons. The summed E-state index contributed by atoms with van der Waals surface area (Å²) in [6, 6.07) is 15.1. The number of halogens is 1. The van der Waals surface area contributed by atoms with Gasteiger partial charge in [0, 0.05) is 47.5 Å². The monoisotopic (exact) mass is 566 g/mol. The van der Waals surface area contributed by atoms with Crippen LogP contribution in [0.2, 0.25) is 5.02 Å². The van der Waals surface area contributed by atoms with Crippen LogP contribution >= 0.6 is 22.9 Å². The van der Waals surface area contributed by atoms with E-state index in [1.54, 1.807) is 36.5 Å². The molecule has 12 heteroatoms. The summed E-state index contributed by atoms with van der Waals surface area (Å²) in [5.74, 6) is 0.632. The zero-order valence-electron chi connectivity index (χ0n) is 20.0. The zero-order chi connectivity index (χ0) is 26.3. The summed E-state index contributed by atoms with van der Waals surface area (Å²) in [5, 5.41) is 15.9. The fraction of sp³-hybridized carbons (Fsp3) is 0.192. The highest BCUT2D eigenvalue weighted by atomic mass is 35.5. The highest BCUT2D eigenvalue weighted by molar-refractivity contribution is 7.89. The molecule has 0 radical (unpaired) electrons. The molecule has 1 fully saturated rings. The van der Waals surface area contributed by atoms with Crippen LogP contribution in [0.3, 0.4) is 0 Å². The summed E-state index contributed by atoms with van der Waals surface area (Å²) in [6.45, 7) is 0.782. The van der Waals surface area contributed by atoms with Gasteiger partial charge in [0.25, 0.3) is 0 Å². The van der Waals surface area contributed by atoms with Gasteiger partial charge < -0.3 is 10.4 Å². The van der Waals surface area contributed by atoms with Crippen LogP contribution in [0.5, 0.6) is 5.75 Å². The van der Waals surface area contributed by atoms with Crippen molar-refractivity contribution in [2.24, 2.45) is 0 Å². The van der Waals surface area contributed by atoms with E-state index in [1.165, 1.54) is 27.8 Å². The Labute approximate surface area is 228 Å². The predicted molar refractivity (Wildman–Crippen MR) is 148 cm³/mol. The van der Waals surface area contributed by atoms with Gasteiger partial charge in [-0.1, -0.05) is 23.7 Å². The van der Waals surface area contributed by atoms with Crippen molar-refractivity contribution in [1.29, 1.82) is 0 Å². The Balaban J connectivity index is 1.21. The van der Waals surface area contributed by atoms with Gasteiger partial charge in [-0.2, -0.15) is 4.31 Å². The molecular formula is C26H23ClN6O3S2. The first-order chi connectivity index (χ1) is 18.4. The minimum Gasteiger partial charge on any atom is -0.508 e. The molecule has 6 rings (SSSR count). The lowest BCUT2D eigenvalue weighted by Crippen LogP contribution is -2.42. The minimum atomic E-state index is -3.57. The molecule has 0 saturated carbocycles. The van der Waals surface area contributed by atoms with Crippen molar-refractivity contribution >= 4 is 43.9 Å². The maximum atomic E-state index is 13.0. The number of phenolic OH excluding ortho intramolecular Hbond substituents is 1. The first-order valence-corrected chi connectivity index (χ1v) is 14.7. The lowest BCUT2D eigenvalue weighted by molar-refractivity contribution is 0.329. The number of hydrogen-bond acceptors (Lipinski definition) is 8. The summed E-state index contributed by atoms with van der Waals surface area (Å²) < 4.78 is 29.5. The maximum absolute atomic E-state index is 13.0. The summed E-state index contributed by atoms with van der Waals surface area (Å²) in [6.07, 6.45) is 4.89. The maximum Gasteiger partial charge on any atom is 0.243 e. The molecule has 1 saturated heterocycles. The number of hydrogen-bond donors (Lipinski definition) is 2. The van der Waals surface area contributed by atoms with E-state index in [4.69, 9.17) is 21.6 Å². The topological polar surface area (TPSA) is 113 Å². The van der Waals surface area contributed by atoms with Gasteiger partial charge in [-0.15, -0.1) is 11.3 Å². The molecule has 2 aromatic carbocycles. The summed E-state index contributed by atoms with van der Waals surface area (Å²) in [7, 11) is -3.57. The Morgan fingerprint density at radius 2 is 1.84 bits per heavy atom. The quantitative estimate of drug-likeness (QED) is 0.292. The van der Waals surface area contributed by atoms with E-state index in [-0.39, 0.29) is 16.7 Å². The minimum absolute atomic E-state index is 0.0269. The van der Waals surface area contributed by atoms with Gasteiger partial charge in [-0.3, -0.25) is 4.40 Å². The molecule has 0 bridgehead atoms. The summed E-state index contributed by atoms with van der Waals surface area (Å²) in [4.78, 5) is 15.1. The van der Waals surface area contributed by atoms with Crippen LogP contribution in [-0.2, 0) is 10.0 Å². The number of fused-ring (bicyclic) bond motifs is 1. The highest BCUT2D eigenvalue weighted by Crippen LogP contribution is 2.35. The molecule has 3 aromatic heterocycles. The summed E-state index contributed by atoms with van der Waals surface area (Å²) >= 11 is 7.43. The molecule has 4 heterocycles. The first-order valence-electron chi connectivity index (χ1n) is 12.0. The van der Waals surface area contributed by atoms with Crippen molar-refractivity contribution in [2.45, 2.75) is 23.8 Å². The van der Waals surface area contributed by atoms with Gasteiger partial charge >= 0.3 is 0 Å². The number of benzene rings is 2. The molecule has 0 amide bonds. The molecule has 38 heavy (non-hydrogen) atoms. The van der Waals surface area contributed by atoms with Crippen LogP contribution in [-0.4, -0.2) is 56.3 Å². The van der Waals surface area contributed by atoms with Crippen molar-refractivity contribution in [2.75, 3.05) is 18.4 Å². The van der Waals surface area contributed by atoms with Gasteiger partial charge in [0.1, 0.15) is 11.4 Å². The number of thiazole rings is 1. The van der Waals surface area contributed by atoms with Crippen LogP contribution in [0.1, 0.15) is 12.8 Å². The normalized spacial score (nSPS) is 15.2. The first kappa shape index (κ1) is 24.8. The van der Waals surface area contributed by atoms with E-state index in [0.717, 1.165) is 21.9 Å². The van der Waals surface area contributed by atoms with Crippen molar-refractivity contribution < 1.29 is 13.5 Å². The molecule has 0 unspecified atom stereocenters. The molecule has 5 aromatic rings. The number of imidazole rings is 1. The predicted octanol–water partition coefficient (Wildman–Crippen LogP) is 5.14. The van der Waals surface area contributed by atoms with Gasteiger partial charge in [-0.25, -0.2) is 23.4 Å². The fourth-order valence-corrected chi connectivity index (χ4v) is 6.93. The number of aromatic nitrogens is 4. The second kappa shape index (κ2) is 9.99. The second-order valence-electron chi connectivity index (χ2n) is 8.96. The van der Waals surface area contributed by atoms with E-state index in [0.29, 0.717) is 42.6 Å². The van der Waals surface area contributed by atoms with Crippen molar-refractivity contribution in [1.82, 2.24) is 23.7 Å². The van der Waals surface area contributed by atoms with Crippen LogP contribution in [0.15, 0.2) is 77.3 Å². The number of aromatic hydroxyl groups is 1. The Kier molecular flexibility index (Phi) is 6.52. The van der Waals surface area contributed by atoms with E-state index in [1.807, 2.05) is 28.1 Å². The largest absolute Gasteiger partial charge is 0.508 e. The molecule has 1 aliphatic rings. The van der Waals surface area contributed by atoms with Crippen LogP contribution in [0.4, 0.5) is 5.95 Å². The van der Waals surface area contributed by atoms with E-state index >= 15 is 0 Å². The third-order valence-corrected chi connectivity index (χ3v) is 9.44. The molecule has 0 aliphatic carbocycles. The third kappa shape index (κ3) is 4.73. The lowest BCUT2D eigenvalue weighted by atomic mass is 10.1. The Morgan fingerprint density at radius 1 is 1.05 bits per heavy atom. The van der Waals surface area contributed by atoms with E-state index in [9.17, 15) is 13.5 Å². The molecule has 1 aliphatic heterocycles. The average Bonchev–Trinajstić information content (AvgIpc) is 3.51. The number of nitrogens with zero attached hydrogens (tertiary/aromatic N) is 5. The Bertz CT molecular complexity index is 1710. The molecule has 2 N–H and O–H groups in total. The van der Waals surface area contributed by atoms with Gasteiger partial charge in [-0.05, 0) is 55.3 Å². The Hall–Kier alpha value is -3.51. The second-order valence-corrected chi connectivity index (χ2v) is 12.2. The molecular weight excluding hydrogens is 544 g/mol. The number of nitrogens with one attached hydrogen (secondary N) is 1. The van der Waals surface area contributed by atoms with E-state index in [2.05, 4.69) is 10.3 Å². The number of phenols is 1. The van der Waals surface area contributed by atoms with Crippen LogP contribution < -0.4 is 5.32 Å². The number of rotatable bonds is 6. The summed E-state index contributed by atoms with van der Waals surface area (Å²) in [5.41, 5.74) is 3.01. The smallest absolute Gasteiger partial charge is 0.243 e. The average molecular weight is 567 g/mol. The van der Waals surface area contributed by atoms with Crippen LogP contribution in [0, 0.1) is 0 Å². The van der Waals surface area contributed by atoms with Gasteiger partial charge in [0.05, 0.1) is 16.3 Å². The Morgan fingerprint density at radius 3 is 2.61 bits per heavy atom.